The Balaban J connectivity index is 2.18. The van der Waals surface area contributed by atoms with E-state index in [-0.39, 0.29) is 23.7 Å². The zero-order chi connectivity index (χ0) is 12.8. The average Bonchev–Trinajstić information content (AvgIpc) is 2.44. The average molecular weight is 241 g/mol. The molecule has 0 spiro atoms. The first-order chi connectivity index (χ1) is 7.71. The number of cyclic esters (lactones) is 1. The van der Waals surface area contributed by atoms with Crippen molar-refractivity contribution in [3.05, 3.63) is 0 Å². The molecule has 0 aromatic rings. The number of hydrogen-bond acceptors (Lipinski definition) is 3. The van der Waals surface area contributed by atoms with Crippen LogP contribution in [-0.4, -0.2) is 40.4 Å². The highest BCUT2D eigenvalue weighted by atomic mass is 16.6. The molecule has 1 heterocycles. The first-order valence-corrected chi connectivity index (χ1v) is 6.39. The highest BCUT2D eigenvalue weighted by molar-refractivity contribution is 5.71. The Morgan fingerprint density at radius 1 is 1.35 bits per heavy atom. The number of carbonyl (C=O) groups is 1. The van der Waals surface area contributed by atoms with Gasteiger partial charge in [-0.3, -0.25) is 0 Å². The van der Waals surface area contributed by atoms with E-state index in [9.17, 15) is 9.90 Å². The minimum Gasteiger partial charge on any atom is -0.441 e. The number of aliphatic hydroxyl groups is 1. The van der Waals surface area contributed by atoms with Gasteiger partial charge in [0, 0.05) is 6.04 Å². The first kappa shape index (κ1) is 12.7. The van der Waals surface area contributed by atoms with Gasteiger partial charge in [0.25, 0.3) is 0 Å². The number of ether oxygens (including phenoxy) is 1. The lowest BCUT2D eigenvalue weighted by Crippen LogP contribution is -2.51. The zero-order valence-corrected chi connectivity index (χ0v) is 11.2. The molecule has 2 unspecified atom stereocenters. The molecule has 2 rings (SSSR count). The Bertz CT molecular complexity index is 325. The largest absolute Gasteiger partial charge is 0.441 e. The number of nitrogens with zero attached hydrogens (tertiary/aromatic N) is 1. The summed E-state index contributed by atoms with van der Waals surface area (Å²) in [5, 5.41) is 9.81. The van der Waals surface area contributed by atoms with E-state index in [0.29, 0.717) is 13.0 Å². The molecule has 2 atom stereocenters. The van der Waals surface area contributed by atoms with Gasteiger partial charge in [-0.25, -0.2) is 4.79 Å². The second kappa shape index (κ2) is 3.87. The highest BCUT2D eigenvalue weighted by Crippen LogP contribution is 2.41. The topological polar surface area (TPSA) is 49.8 Å². The van der Waals surface area contributed by atoms with Crippen LogP contribution in [0.1, 0.15) is 47.0 Å². The Morgan fingerprint density at radius 3 is 2.53 bits per heavy atom. The van der Waals surface area contributed by atoms with E-state index in [1.807, 2.05) is 18.7 Å². The van der Waals surface area contributed by atoms with Crippen molar-refractivity contribution in [2.24, 2.45) is 5.41 Å². The first-order valence-electron chi connectivity index (χ1n) is 6.39. The summed E-state index contributed by atoms with van der Waals surface area (Å²) >= 11 is 0. The van der Waals surface area contributed by atoms with Crippen molar-refractivity contribution >= 4 is 6.09 Å². The van der Waals surface area contributed by atoms with Crippen molar-refractivity contribution < 1.29 is 14.6 Å². The normalized spacial score (nSPS) is 35.8. The van der Waals surface area contributed by atoms with Gasteiger partial charge in [-0.2, -0.15) is 0 Å². The molecule has 0 radical (unpaired) electrons. The molecular formula is C13H23NO3. The summed E-state index contributed by atoms with van der Waals surface area (Å²) in [5.41, 5.74) is -0.353. The minimum absolute atomic E-state index is 0.0542. The maximum absolute atomic E-state index is 11.9. The summed E-state index contributed by atoms with van der Waals surface area (Å²) in [4.78, 5) is 13.7. The van der Waals surface area contributed by atoms with Crippen LogP contribution in [0.4, 0.5) is 4.79 Å². The molecule has 4 nitrogen and oxygen atoms in total. The van der Waals surface area contributed by atoms with Gasteiger partial charge in [0.2, 0.25) is 0 Å². The van der Waals surface area contributed by atoms with E-state index in [2.05, 4.69) is 13.8 Å². The predicted molar refractivity (Wildman–Crippen MR) is 64.7 cm³/mol. The minimum atomic E-state index is -0.407. The van der Waals surface area contributed by atoms with Crippen molar-refractivity contribution in [2.45, 2.75) is 64.7 Å². The summed E-state index contributed by atoms with van der Waals surface area (Å²) in [6.07, 6.45) is 1.92. The Labute approximate surface area is 103 Å². The second-order valence-corrected chi connectivity index (χ2v) is 6.69. The molecule has 98 valence electrons. The number of rotatable bonds is 1. The monoisotopic (exact) mass is 241 g/mol. The summed E-state index contributed by atoms with van der Waals surface area (Å²) in [5.74, 6) is 0. The van der Waals surface area contributed by atoms with E-state index < -0.39 is 5.60 Å². The number of aliphatic hydroxyl groups excluding tert-OH is 1. The second-order valence-electron chi connectivity index (χ2n) is 6.69. The predicted octanol–water partition coefficient (Wildman–Crippen LogP) is 2.16. The Kier molecular flexibility index (Phi) is 2.89. The van der Waals surface area contributed by atoms with Crippen molar-refractivity contribution in [3.63, 3.8) is 0 Å². The molecule has 0 aromatic heterocycles. The van der Waals surface area contributed by atoms with Crippen molar-refractivity contribution in [2.75, 3.05) is 6.54 Å². The van der Waals surface area contributed by atoms with Crippen LogP contribution in [-0.2, 0) is 4.74 Å². The van der Waals surface area contributed by atoms with Crippen LogP contribution < -0.4 is 0 Å². The molecule has 1 saturated heterocycles. The molecule has 2 aliphatic rings. The number of hydrogen-bond donors (Lipinski definition) is 1. The zero-order valence-electron chi connectivity index (χ0n) is 11.2. The maximum Gasteiger partial charge on any atom is 0.410 e. The molecule has 0 bridgehead atoms. The van der Waals surface area contributed by atoms with Gasteiger partial charge < -0.3 is 14.7 Å². The summed E-state index contributed by atoms with van der Waals surface area (Å²) in [6.45, 7) is 8.81. The van der Waals surface area contributed by atoms with E-state index in [4.69, 9.17) is 4.74 Å². The summed E-state index contributed by atoms with van der Waals surface area (Å²) in [6, 6.07) is 0.0838. The van der Waals surface area contributed by atoms with Crippen LogP contribution in [0, 0.1) is 5.41 Å². The number of amides is 1. The van der Waals surface area contributed by atoms with Crippen LogP contribution in [0.3, 0.4) is 0 Å². The lowest BCUT2D eigenvalue weighted by Gasteiger charge is -2.44. The van der Waals surface area contributed by atoms with Gasteiger partial charge in [-0.1, -0.05) is 13.8 Å². The van der Waals surface area contributed by atoms with Gasteiger partial charge in [-0.05, 0) is 38.5 Å². The molecule has 0 aromatic carbocycles. The molecule has 1 amide bonds. The van der Waals surface area contributed by atoms with Crippen molar-refractivity contribution in [1.82, 2.24) is 4.90 Å². The van der Waals surface area contributed by atoms with Crippen LogP contribution in [0.2, 0.25) is 0 Å². The van der Waals surface area contributed by atoms with Crippen molar-refractivity contribution in [1.29, 1.82) is 0 Å². The Hall–Kier alpha value is -0.770. The fourth-order valence-corrected chi connectivity index (χ4v) is 2.99. The SMILES string of the molecule is CC1(C)CN(C2CC(O)CCC2(C)C)C(=O)O1. The van der Waals surface area contributed by atoms with Crippen LogP contribution in [0.25, 0.3) is 0 Å². The number of carbonyl (C=O) groups excluding carboxylic acids is 1. The van der Waals surface area contributed by atoms with Gasteiger partial charge in [-0.15, -0.1) is 0 Å². The lowest BCUT2D eigenvalue weighted by molar-refractivity contribution is 0.00833. The molecule has 1 aliphatic heterocycles. The molecule has 1 N–H and O–H groups in total. The lowest BCUT2D eigenvalue weighted by atomic mass is 9.71. The van der Waals surface area contributed by atoms with Crippen LogP contribution in [0.15, 0.2) is 0 Å². The van der Waals surface area contributed by atoms with Gasteiger partial charge in [0.1, 0.15) is 5.60 Å². The van der Waals surface area contributed by atoms with Crippen molar-refractivity contribution in [3.8, 4) is 0 Å². The van der Waals surface area contributed by atoms with Gasteiger partial charge in [0.05, 0.1) is 12.6 Å². The highest BCUT2D eigenvalue weighted by Gasteiger charge is 2.47. The molecule has 17 heavy (non-hydrogen) atoms. The fraction of sp³-hybridized carbons (Fsp3) is 0.923. The smallest absolute Gasteiger partial charge is 0.410 e. The molecule has 2 fully saturated rings. The van der Waals surface area contributed by atoms with Crippen LogP contribution >= 0.6 is 0 Å². The molecular weight excluding hydrogens is 218 g/mol. The molecule has 1 aliphatic carbocycles. The van der Waals surface area contributed by atoms with E-state index >= 15 is 0 Å². The fourth-order valence-electron chi connectivity index (χ4n) is 2.99. The van der Waals surface area contributed by atoms with E-state index in [1.165, 1.54) is 0 Å². The van der Waals surface area contributed by atoms with Gasteiger partial charge in [0.15, 0.2) is 0 Å². The Morgan fingerprint density at radius 2 is 2.00 bits per heavy atom. The summed E-state index contributed by atoms with van der Waals surface area (Å²) in [7, 11) is 0. The molecule has 1 saturated carbocycles. The van der Waals surface area contributed by atoms with Crippen LogP contribution in [0.5, 0.6) is 0 Å². The maximum atomic E-state index is 11.9. The van der Waals surface area contributed by atoms with E-state index in [1.54, 1.807) is 0 Å². The third-order valence-electron chi connectivity index (χ3n) is 4.04. The standard InChI is InChI=1S/C13H23NO3/c1-12(2)6-5-9(15)7-10(12)14-8-13(3,4)17-11(14)16/h9-10,15H,5-8H2,1-4H3. The molecule has 4 heteroatoms. The van der Waals surface area contributed by atoms with E-state index in [0.717, 1.165) is 12.8 Å². The third kappa shape index (κ3) is 2.41. The summed E-state index contributed by atoms with van der Waals surface area (Å²) < 4.78 is 5.35. The third-order valence-corrected chi connectivity index (χ3v) is 4.04. The quantitative estimate of drug-likeness (QED) is 0.765. The van der Waals surface area contributed by atoms with Gasteiger partial charge >= 0.3 is 6.09 Å².